The van der Waals surface area contributed by atoms with E-state index in [1.54, 1.807) is 12.1 Å². The Bertz CT molecular complexity index is 1450. The Morgan fingerprint density at radius 1 is 1.03 bits per heavy atom. The van der Waals surface area contributed by atoms with E-state index in [4.69, 9.17) is 17.3 Å². The van der Waals surface area contributed by atoms with Gasteiger partial charge in [0.25, 0.3) is 5.91 Å². The predicted molar refractivity (Wildman–Crippen MR) is 139 cm³/mol. The average molecular weight is 580 g/mol. The number of fused-ring (bicyclic) bond motifs is 1. The zero-order valence-corrected chi connectivity index (χ0v) is 22.2. The molecule has 2 N–H and O–H groups in total. The standard InChI is InChI=1S/C27H22ClF4N3O3S/c1-13(33)26(37)35(23(36)9-14-7-17(30)11-18(31)8-14)24-25(19-12-16(29)4-5-20(19)32)39-22-6-3-15(28)10-21(22)34(2)27(24)38/h3-8,10-13,24-25H,9,33H2,1-2H3/t13-,24-,25+/m0/s1. The number of carbonyl (C=O) groups excluding carboxylic acids is 3. The normalized spacial score (nSPS) is 17.8. The van der Waals surface area contributed by atoms with Gasteiger partial charge in [0.2, 0.25) is 11.8 Å². The third-order valence-corrected chi connectivity index (χ3v) is 7.72. The van der Waals surface area contributed by atoms with Crippen LogP contribution in [0.1, 0.15) is 23.3 Å². The first-order valence-electron chi connectivity index (χ1n) is 11.6. The van der Waals surface area contributed by atoms with Crippen molar-refractivity contribution in [2.24, 2.45) is 5.73 Å². The van der Waals surface area contributed by atoms with Gasteiger partial charge in [-0.2, -0.15) is 0 Å². The van der Waals surface area contributed by atoms with Gasteiger partial charge >= 0.3 is 0 Å². The SMILES string of the molecule is C[C@H](N)C(=O)N(C(=O)Cc1cc(F)cc(F)c1)[C@@H]1C(=O)N(C)c2cc(Cl)ccc2S[C@@H]1c1cc(F)ccc1F. The van der Waals surface area contributed by atoms with E-state index in [1.807, 2.05) is 0 Å². The van der Waals surface area contributed by atoms with Crippen molar-refractivity contribution in [3.05, 3.63) is 94.0 Å². The van der Waals surface area contributed by atoms with Crippen molar-refractivity contribution in [3.63, 3.8) is 0 Å². The monoisotopic (exact) mass is 579 g/mol. The molecule has 12 heteroatoms. The topological polar surface area (TPSA) is 83.7 Å². The molecule has 0 radical (unpaired) electrons. The van der Waals surface area contributed by atoms with Gasteiger partial charge in [0.15, 0.2) is 0 Å². The number of amides is 3. The fourth-order valence-electron chi connectivity index (χ4n) is 4.32. The van der Waals surface area contributed by atoms with Crippen molar-refractivity contribution in [2.45, 2.75) is 35.6 Å². The minimum atomic E-state index is -1.72. The first-order valence-corrected chi connectivity index (χ1v) is 12.9. The molecular formula is C27H22ClF4N3O3S. The molecule has 0 saturated heterocycles. The van der Waals surface area contributed by atoms with E-state index in [1.165, 1.54) is 20.0 Å². The van der Waals surface area contributed by atoms with E-state index in [0.717, 1.165) is 47.0 Å². The Balaban J connectivity index is 1.91. The molecule has 4 rings (SSSR count). The van der Waals surface area contributed by atoms with Gasteiger partial charge in [-0.05, 0) is 61.0 Å². The molecule has 3 atom stereocenters. The zero-order chi connectivity index (χ0) is 28.6. The number of likely N-dealkylation sites (N-methyl/N-ethyl adjacent to an activating group) is 1. The van der Waals surface area contributed by atoms with Crippen LogP contribution in [0.4, 0.5) is 23.2 Å². The molecule has 0 bridgehead atoms. The van der Waals surface area contributed by atoms with Crippen LogP contribution in [0.5, 0.6) is 0 Å². The third-order valence-electron chi connectivity index (χ3n) is 6.12. The number of anilines is 1. The molecule has 39 heavy (non-hydrogen) atoms. The Morgan fingerprint density at radius 3 is 2.33 bits per heavy atom. The van der Waals surface area contributed by atoms with Gasteiger partial charge in [-0.1, -0.05) is 11.6 Å². The molecule has 0 spiro atoms. The second-order valence-electron chi connectivity index (χ2n) is 9.00. The summed E-state index contributed by atoms with van der Waals surface area (Å²) >= 11 is 7.08. The number of hydrogen-bond acceptors (Lipinski definition) is 5. The number of nitrogens with two attached hydrogens (primary N) is 1. The minimum absolute atomic E-state index is 0.106. The zero-order valence-electron chi connectivity index (χ0n) is 20.6. The molecule has 3 aromatic carbocycles. The quantitative estimate of drug-likeness (QED) is 0.429. The van der Waals surface area contributed by atoms with Gasteiger partial charge < -0.3 is 10.6 Å². The minimum Gasteiger partial charge on any atom is -0.320 e. The van der Waals surface area contributed by atoms with Gasteiger partial charge in [0.05, 0.1) is 23.4 Å². The molecule has 0 aromatic heterocycles. The van der Waals surface area contributed by atoms with Crippen LogP contribution in [0.2, 0.25) is 5.02 Å². The van der Waals surface area contributed by atoms with Crippen molar-refractivity contribution in [3.8, 4) is 0 Å². The lowest BCUT2D eigenvalue weighted by Gasteiger charge is -2.35. The molecule has 204 valence electrons. The third kappa shape index (κ3) is 5.95. The highest BCUT2D eigenvalue weighted by atomic mass is 35.5. The summed E-state index contributed by atoms with van der Waals surface area (Å²) in [4.78, 5) is 43.2. The fourth-order valence-corrected chi connectivity index (χ4v) is 5.90. The van der Waals surface area contributed by atoms with Gasteiger partial charge in [-0.15, -0.1) is 11.8 Å². The van der Waals surface area contributed by atoms with E-state index in [9.17, 15) is 27.6 Å². The number of hydrogen-bond donors (Lipinski definition) is 1. The smallest absolute Gasteiger partial charge is 0.251 e. The Kier molecular flexibility index (Phi) is 8.34. The maximum absolute atomic E-state index is 15.2. The molecule has 1 aliphatic rings. The van der Waals surface area contributed by atoms with Crippen LogP contribution in [-0.4, -0.2) is 41.8 Å². The number of nitrogens with zero attached hydrogens (tertiary/aromatic N) is 2. The summed E-state index contributed by atoms with van der Waals surface area (Å²) in [5.74, 6) is -6.40. The molecule has 3 amide bonds. The lowest BCUT2D eigenvalue weighted by molar-refractivity contribution is -0.151. The number of imide groups is 1. The van der Waals surface area contributed by atoms with Crippen molar-refractivity contribution in [2.75, 3.05) is 11.9 Å². The van der Waals surface area contributed by atoms with Crippen LogP contribution in [0.15, 0.2) is 59.5 Å². The molecular weight excluding hydrogens is 558 g/mol. The van der Waals surface area contributed by atoms with Crippen LogP contribution >= 0.6 is 23.4 Å². The number of benzene rings is 3. The molecule has 3 aromatic rings. The largest absolute Gasteiger partial charge is 0.320 e. The fraction of sp³-hybridized carbons (Fsp3) is 0.222. The summed E-state index contributed by atoms with van der Waals surface area (Å²) in [5.41, 5.74) is 5.77. The molecule has 0 aliphatic carbocycles. The lowest BCUT2D eigenvalue weighted by atomic mass is 9.99. The van der Waals surface area contributed by atoms with E-state index >= 15 is 4.39 Å². The molecule has 0 unspecified atom stereocenters. The Hall–Kier alpha value is -3.41. The van der Waals surface area contributed by atoms with Crippen LogP contribution in [0.3, 0.4) is 0 Å². The van der Waals surface area contributed by atoms with Crippen molar-refractivity contribution in [1.82, 2.24) is 4.90 Å². The summed E-state index contributed by atoms with van der Waals surface area (Å²) < 4.78 is 57.2. The molecule has 1 heterocycles. The highest BCUT2D eigenvalue weighted by molar-refractivity contribution is 7.99. The molecule has 6 nitrogen and oxygen atoms in total. The second-order valence-corrected chi connectivity index (χ2v) is 10.6. The van der Waals surface area contributed by atoms with Gasteiger partial charge in [-0.3, -0.25) is 19.3 Å². The van der Waals surface area contributed by atoms with Crippen molar-refractivity contribution >= 4 is 46.8 Å². The van der Waals surface area contributed by atoms with Crippen LogP contribution < -0.4 is 10.6 Å². The van der Waals surface area contributed by atoms with E-state index in [2.05, 4.69) is 0 Å². The number of thioether (sulfide) groups is 1. The molecule has 0 fully saturated rings. The highest BCUT2D eigenvalue weighted by Crippen LogP contribution is 2.48. The first-order chi connectivity index (χ1) is 18.4. The van der Waals surface area contributed by atoms with Crippen molar-refractivity contribution in [1.29, 1.82) is 0 Å². The lowest BCUT2D eigenvalue weighted by Crippen LogP contribution is -2.58. The summed E-state index contributed by atoms with van der Waals surface area (Å²) in [6.07, 6.45) is -0.678. The second kappa shape index (κ2) is 11.4. The number of rotatable bonds is 5. The van der Waals surface area contributed by atoms with Crippen LogP contribution in [0, 0.1) is 23.3 Å². The Labute approximate surface area is 230 Å². The molecule has 1 aliphatic heterocycles. The van der Waals surface area contributed by atoms with E-state index in [0.29, 0.717) is 21.5 Å². The van der Waals surface area contributed by atoms with Crippen LogP contribution in [0.25, 0.3) is 0 Å². The van der Waals surface area contributed by atoms with Crippen LogP contribution in [-0.2, 0) is 20.8 Å². The van der Waals surface area contributed by atoms with Gasteiger partial charge in [0, 0.05) is 28.6 Å². The van der Waals surface area contributed by atoms with Crippen molar-refractivity contribution < 1.29 is 31.9 Å². The van der Waals surface area contributed by atoms with E-state index < -0.39 is 64.7 Å². The number of carbonyl (C=O) groups is 3. The highest BCUT2D eigenvalue weighted by Gasteiger charge is 2.46. The van der Waals surface area contributed by atoms with Gasteiger partial charge in [0.1, 0.15) is 29.3 Å². The summed E-state index contributed by atoms with van der Waals surface area (Å²) in [6, 6.07) is 6.68. The van der Waals surface area contributed by atoms with Gasteiger partial charge in [-0.25, -0.2) is 17.6 Å². The molecule has 0 saturated carbocycles. The summed E-state index contributed by atoms with van der Waals surface area (Å²) in [7, 11) is 1.39. The average Bonchev–Trinajstić information content (AvgIpc) is 2.95. The maximum atomic E-state index is 15.2. The summed E-state index contributed by atoms with van der Waals surface area (Å²) in [5, 5.41) is -1.04. The predicted octanol–water partition coefficient (Wildman–Crippen LogP) is 5.02. The Morgan fingerprint density at radius 2 is 1.69 bits per heavy atom. The number of halogens is 5. The first kappa shape index (κ1) is 28.6. The summed E-state index contributed by atoms with van der Waals surface area (Å²) in [6.45, 7) is 1.29. The van der Waals surface area contributed by atoms with E-state index in [-0.39, 0.29) is 16.1 Å². The maximum Gasteiger partial charge on any atom is 0.251 e.